The third kappa shape index (κ3) is 2.77. The van der Waals surface area contributed by atoms with E-state index in [-0.39, 0.29) is 11.9 Å². The van der Waals surface area contributed by atoms with Crippen molar-refractivity contribution < 1.29 is 9.53 Å². The Kier molecular flexibility index (Phi) is 3.89. The number of ether oxygens (including phenoxy) is 1. The van der Waals surface area contributed by atoms with Gasteiger partial charge in [-0.15, -0.1) is 0 Å². The predicted molar refractivity (Wildman–Crippen MR) is 86.1 cm³/mol. The minimum absolute atomic E-state index is 0.0580. The highest BCUT2D eigenvalue weighted by Crippen LogP contribution is 2.37. The number of likely N-dealkylation sites (N-methyl/N-ethyl adjacent to an activating group) is 1. The molecule has 1 aliphatic heterocycles. The second-order valence-corrected chi connectivity index (χ2v) is 5.93. The SMILES string of the molecule is CNC1C(=O)Nc2cc(Oc3ccc(Cl)cc3Br)ccc21. The van der Waals surface area contributed by atoms with Crippen molar-refractivity contribution >= 4 is 39.1 Å². The maximum atomic E-state index is 11.8. The minimum atomic E-state index is -0.309. The van der Waals surface area contributed by atoms with E-state index < -0.39 is 0 Å². The fourth-order valence-corrected chi connectivity index (χ4v) is 3.04. The normalized spacial score (nSPS) is 16.5. The van der Waals surface area contributed by atoms with Crippen molar-refractivity contribution in [1.29, 1.82) is 0 Å². The quantitative estimate of drug-likeness (QED) is 0.858. The van der Waals surface area contributed by atoms with Crippen molar-refractivity contribution in [2.45, 2.75) is 6.04 Å². The first kappa shape index (κ1) is 14.4. The van der Waals surface area contributed by atoms with Gasteiger partial charge in [-0.3, -0.25) is 4.79 Å². The van der Waals surface area contributed by atoms with Gasteiger partial charge in [0.05, 0.1) is 4.47 Å². The highest BCUT2D eigenvalue weighted by Gasteiger charge is 2.29. The van der Waals surface area contributed by atoms with Crippen molar-refractivity contribution in [3.8, 4) is 11.5 Å². The first-order valence-electron chi connectivity index (χ1n) is 6.33. The summed E-state index contributed by atoms with van der Waals surface area (Å²) in [7, 11) is 1.76. The molecule has 0 radical (unpaired) electrons. The van der Waals surface area contributed by atoms with Crippen LogP contribution in [0.15, 0.2) is 40.9 Å². The van der Waals surface area contributed by atoms with Crippen molar-refractivity contribution in [2.75, 3.05) is 12.4 Å². The fourth-order valence-electron chi connectivity index (χ4n) is 2.28. The summed E-state index contributed by atoms with van der Waals surface area (Å²) in [5.74, 6) is 1.25. The maximum absolute atomic E-state index is 11.8. The largest absolute Gasteiger partial charge is 0.456 e. The van der Waals surface area contributed by atoms with E-state index in [0.717, 1.165) is 15.7 Å². The van der Waals surface area contributed by atoms with Gasteiger partial charge in [0, 0.05) is 22.3 Å². The summed E-state index contributed by atoms with van der Waals surface area (Å²) < 4.78 is 6.59. The van der Waals surface area contributed by atoms with Crippen molar-refractivity contribution in [1.82, 2.24) is 5.32 Å². The van der Waals surface area contributed by atoms with Crippen LogP contribution in [-0.2, 0) is 4.79 Å². The average molecular weight is 368 g/mol. The van der Waals surface area contributed by atoms with Gasteiger partial charge in [-0.1, -0.05) is 17.7 Å². The van der Waals surface area contributed by atoms with Crippen molar-refractivity contribution in [2.24, 2.45) is 0 Å². The Hall–Kier alpha value is -1.56. The zero-order valence-corrected chi connectivity index (χ0v) is 13.5. The van der Waals surface area contributed by atoms with Crippen LogP contribution in [0.3, 0.4) is 0 Å². The Labute approximate surface area is 135 Å². The molecule has 2 aromatic carbocycles. The van der Waals surface area contributed by atoms with Gasteiger partial charge in [0.2, 0.25) is 5.91 Å². The van der Waals surface area contributed by atoms with Crippen LogP contribution >= 0.6 is 27.5 Å². The molecule has 1 heterocycles. The Balaban J connectivity index is 1.89. The predicted octanol–water partition coefficient (Wildman–Crippen LogP) is 4.11. The second-order valence-electron chi connectivity index (χ2n) is 4.64. The topological polar surface area (TPSA) is 50.4 Å². The fraction of sp³-hybridized carbons (Fsp3) is 0.133. The summed E-state index contributed by atoms with van der Waals surface area (Å²) in [4.78, 5) is 11.8. The average Bonchev–Trinajstić information content (AvgIpc) is 2.76. The van der Waals surface area contributed by atoms with E-state index in [1.54, 1.807) is 25.2 Å². The van der Waals surface area contributed by atoms with Gasteiger partial charge >= 0.3 is 0 Å². The summed E-state index contributed by atoms with van der Waals surface area (Å²) in [5.41, 5.74) is 1.69. The molecule has 0 fully saturated rings. The zero-order chi connectivity index (χ0) is 15.0. The van der Waals surface area contributed by atoms with Crippen LogP contribution in [0.1, 0.15) is 11.6 Å². The van der Waals surface area contributed by atoms with Crippen molar-refractivity contribution in [3.63, 3.8) is 0 Å². The molecule has 1 aliphatic rings. The molecule has 21 heavy (non-hydrogen) atoms. The van der Waals surface area contributed by atoms with Gasteiger partial charge in [0.25, 0.3) is 0 Å². The Morgan fingerprint density at radius 3 is 2.81 bits per heavy atom. The lowest BCUT2D eigenvalue weighted by atomic mass is 10.1. The first-order chi connectivity index (χ1) is 10.1. The molecule has 2 N–H and O–H groups in total. The number of hydrogen-bond donors (Lipinski definition) is 2. The third-order valence-corrected chi connectivity index (χ3v) is 4.12. The summed E-state index contributed by atoms with van der Waals surface area (Å²) in [6.45, 7) is 0. The van der Waals surface area contributed by atoms with Crippen LogP contribution in [0.4, 0.5) is 5.69 Å². The van der Waals surface area contributed by atoms with Crippen LogP contribution < -0.4 is 15.4 Å². The number of fused-ring (bicyclic) bond motifs is 1. The van der Waals surface area contributed by atoms with Crippen LogP contribution in [-0.4, -0.2) is 13.0 Å². The molecule has 0 spiro atoms. The van der Waals surface area contributed by atoms with E-state index in [1.165, 1.54) is 0 Å². The lowest BCUT2D eigenvalue weighted by molar-refractivity contribution is -0.117. The zero-order valence-electron chi connectivity index (χ0n) is 11.1. The monoisotopic (exact) mass is 366 g/mol. The maximum Gasteiger partial charge on any atom is 0.246 e. The number of benzene rings is 2. The Bertz CT molecular complexity index is 721. The van der Waals surface area contributed by atoms with Gasteiger partial charge in [0.1, 0.15) is 17.5 Å². The van der Waals surface area contributed by atoms with E-state index in [9.17, 15) is 4.79 Å². The summed E-state index contributed by atoms with van der Waals surface area (Å²) in [6.07, 6.45) is 0. The van der Waals surface area contributed by atoms with Gasteiger partial charge in [-0.05, 0) is 47.2 Å². The number of carbonyl (C=O) groups excluding carboxylic acids is 1. The van der Waals surface area contributed by atoms with Crippen molar-refractivity contribution in [3.05, 3.63) is 51.5 Å². The molecule has 3 rings (SSSR count). The Morgan fingerprint density at radius 1 is 1.29 bits per heavy atom. The molecule has 2 aromatic rings. The van der Waals surface area contributed by atoms with Gasteiger partial charge in [-0.25, -0.2) is 0 Å². The third-order valence-electron chi connectivity index (χ3n) is 3.27. The van der Waals surface area contributed by atoms with E-state index in [1.807, 2.05) is 18.2 Å². The number of rotatable bonds is 3. The highest BCUT2D eigenvalue weighted by molar-refractivity contribution is 9.10. The molecule has 1 atom stereocenters. The smallest absolute Gasteiger partial charge is 0.246 e. The Morgan fingerprint density at radius 2 is 2.10 bits per heavy atom. The first-order valence-corrected chi connectivity index (χ1v) is 7.50. The molecule has 4 nitrogen and oxygen atoms in total. The van der Waals surface area contributed by atoms with E-state index in [0.29, 0.717) is 16.5 Å². The summed E-state index contributed by atoms with van der Waals surface area (Å²) in [5, 5.41) is 6.45. The highest BCUT2D eigenvalue weighted by atomic mass is 79.9. The van der Waals surface area contributed by atoms with Crippen LogP contribution in [0, 0.1) is 0 Å². The molecule has 1 amide bonds. The molecular formula is C15H12BrClN2O2. The van der Waals surface area contributed by atoms with Gasteiger partial charge < -0.3 is 15.4 Å². The molecule has 0 saturated carbocycles. The van der Waals surface area contributed by atoms with Gasteiger partial charge in [0.15, 0.2) is 0 Å². The van der Waals surface area contributed by atoms with Crippen LogP contribution in [0.5, 0.6) is 11.5 Å². The minimum Gasteiger partial charge on any atom is -0.456 e. The number of halogens is 2. The lowest BCUT2D eigenvalue weighted by Gasteiger charge is -2.10. The van der Waals surface area contributed by atoms with E-state index >= 15 is 0 Å². The summed E-state index contributed by atoms with van der Waals surface area (Å²) in [6, 6.07) is 10.5. The molecule has 0 bridgehead atoms. The molecule has 1 unspecified atom stereocenters. The molecular weight excluding hydrogens is 356 g/mol. The standard InChI is InChI=1S/C15H12BrClN2O2/c1-18-14-10-4-3-9(7-12(10)19-15(14)20)21-13-5-2-8(17)6-11(13)16/h2-7,14,18H,1H3,(H,19,20). The molecule has 108 valence electrons. The molecule has 0 aromatic heterocycles. The number of anilines is 1. The van der Waals surface area contributed by atoms with E-state index in [4.69, 9.17) is 16.3 Å². The molecule has 0 saturated heterocycles. The van der Waals surface area contributed by atoms with E-state index in [2.05, 4.69) is 26.6 Å². The number of nitrogens with one attached hydrogen (secondary N) is 2. The summed E-state index contributed by atoms with van der Waals surface area (Å²) >= 11 is 9.31. The number of carbonyl (C=O) groups is 1. The molecule has 0 aliphatic carbocycles. The molecule has 6 heteroatoms. The van der Waals surface area contributed by atoms with Gasteiger partial charge in [-0.2, -0.15) is 0 Å². The lowest BCUT2D eigenvalue weighted by Crippen LogP contribution is -2.23. The van der Waals surface area contributed by atoms with Crippen LogP contribution in [0.25, 0.3) is 0 Å². The second kappa shape index (κ2) is 5.67. The van der Waals surface area contributed by atoms with Crippen LogP contribution in [0.2, 0.25) is 5.02 Å². The number of amides is 1. The number of hydrogen-bond acceptors (Lipinski definition) is 3.